The summed E-state index contributed by atoms with van der Waals surface area (Å²) in [6, 6.07) is 16.3. The normalized spacial score (nSPS) is 12.6. The molecule has 0 amide bonds. The molecule has 0 fully saturated rings. The van der Waals surface area contributed by atoms with E-state index in [2.05, 4.69) is 48.5 Å². The molecule has 0 spiro atoms. The molecule has 0 aliphatic carbocycles. The number of halogens is 1. The van der Waals surface area contributed by atoms with Gasteiger partial charge in [-0.05, 0) is 49.9 Å². The highest BCUT2D eigenvalue weighted by Gasteiger charge is 2.22. The molecular formula is C23H28ClN3OS. The molecule has 1 heterocycles. The maximum Gasteiger partial charge on any atom is 0.191 e. The fourth-order valence-electron chi connectivity index (χ4n) is 3.22. The Labute approximate surface area is 182 Å². The second kappa shape index (κ2) is 9.68. The monoisotopic (exact) mass is 429 g/mol. The fourth-order valence-corrected chi connectivity index (χ4v) is 4.58. The van der Waals surface area contributed by atoms with Crippen LogP contribution in [-0.2, 0) is 5.75 Å². The highest BCUT2D eigenvalue weighted by Crippen LogP contribution is 2.33. The first-order valence-corrected chi connectivity index (χ1v) is 11.3. The summed E-state index contributed by atoms with van der Waals surface area (Å²) in [5.74, 6) is 2.87. The first-order valence-electron chi connectivity index (χ1n) is 9.95. The van der Waals surface area contributed by atoms with E-state index >= 15 is 0 Å². The third-order valence-electron chi connectivity index (χ3n) is 4.73. The molecule has 6 heteroatoms. The smallest absolute Gasteiger partial charge is 0.191 e. The number of aromatic nitrogens is 3. The molecule has 1 aromatic heterocycles. The maximum atomic E-state index is 6.33. The molecule has 1 unspecified atom stereocenters. The van der Waals surface area contributed by atoms with Gasteiger partial charge in [-0.1, -0.05) is 73.6 Å². The average molecular weight is 430 g/mol. The molecule has 3 aromatic rings. The molecule has 4 nitrogen and oxygen atoms in total. The van der Waals surface area contributed by atoms with Crippen LogP contribution in [-0.4, -0.2) is 14.8 Å². The van der Waals surface area contributed by atoms with Crippen LogP contribution < -0.4 is 4.74 Å². The Morgan fingerprint density at radius 2 is 1.66 bits per heavy atom. The summed E-state index contributed by atoms with van der Waals surface area (Å²) in [7, 11) is 0. The van der Waals surface area contributed by atoms with Crippen LogP contribution in [0.3, 0.4) is 0 Å². The minimum absolute atomic E-state index is 0.209. The second-order valence-corrected chi connectivity index (χ2v) is 8.99. The molecule has 0 N–H and O–H groups in total. The zero-order chi connectivity index (χ0) is 21.0. The van der Waals surface area contributed by atoms with Crippen molar-refractivity contribution in [1.29, 1.82) is 0 Å². The Morgan fingerprint density at radius 3 is 2.34 bits per heavy atom. The molecule has 154 valence electrons. The number of ether oxygens (including phenoxy) is 1. The lowest BCUT2D eigenvalue weighted by atomic mass is 10.0. The van der Waals surface area contributed by atoms with Crippen molar-refractivity contribution in [3.63, 3.8) is 0 Å². The summed E-state index contributed by atoms with van der Waals surface area (Å²) < 4.78 is 8.48. The summed E-state index contributed by atoms with van der Waals surface area (Å²) >= 11 is 7.95. The molecule has 1 atom stereocenters. The number of hydrogen-bond donors (Lipinski definition) is 0. The highest BCUT2D eigenvalue weighted by molar-refractivity contribution is 7.98. The van der Waals surface area contributed by atoms with E-state index < -0.39 is 0 Å². The van der Waals surface area contributed by atoms with E-state index in [1.807, 2.05) is 49.4 Å². The number of thioether (sulfide) groups is 1. The second-order valence-electron chi connectivity index (χ2n) is 7.64. The van der Waals surface area contributed by atoms with Crippen LogP contribution in [0.5, 0.6) is 5.75 Å². The number of benzene rings is 2. The molecule has 0 aliphatic heterocycles. The number of para-hydroxylation sites is 1. The fraction of sp³-hybridized carbons (Fsp3) is 0.391. The lowest BCUT2D eigenvalue weighted by Gasteiger charge is -2.21. The Kier molecular flexibility index (Phi) is 7.25. The molecule has 29 heavy (non-hydrogen) atoms. The Hall–Kier alpha value is -1.98. The van der Waals surface area contributed by atoms with Crippen LogP contribution in [0.4, 0.5) is 0 Å². The van der Waals surface area contributed by atoms with Crippen LogP contribution in [0.1, 0.15) is 69.6 Å². The van der Waals surface area contributed by atoms with Gasteiger partial charge in [0.1, 0.15) is 5.75 Å². The number of nitrogens with zero attached hydrogens (tertiary/aromatic N) is 3. The predicted octanol–water partition coefficient (Wildman–Crippen LogP) is 7.07. The van der Waals surface area contributed by atoms with Gasteiger partial charge in [0.05, 0.1) is 0 Å². The first-order chi connectivity index (χ1) is 13.9. The van der Waals surface area contributed by atoms with Crippen LogP contribution in [0.25, 0.3) is 0 Å². The number of hydrogen-bond acceptors (Lipinski definition) is 4. The van der Waals surface area contributed by atoms with Crippen molar-refractivity contribution < 1.29 is 4.74 Å². The zero-order valence-corrected chi connectivity index (χ0v) is 19.2. The van der Waals surface area contributed by atoms with E-state index in [1.54, 1.807) is 11.8 Å². The minimum Gasteiger partial charge on any atom is -0.482 e. The molecule has 0 aliphatic rings. The Morgan fingerprint density at radius 1 is 0.966 bits per heavy atom. The van der Waals surface area contributed by atoms with Gasteiger partial charge in [0.2, 0.25) is 0 Å². The minimum atomic E-state index is -0.209. The maximum absolute atomic E-state index is 6.33. The third-order valence-corrected chi connectivity index (χ3v) is 6.09. The number of rotatable bonds is 8. The topological polar surface area (TPSA) is 39.9 Å². The van der Waals surface area contributed by atoms with Crippen molar-refractivity contribution in [2.75, 3.05) is 0 Å². The summed E-state index contributed by atoms with van der Waals surface area (Å²) in [4.78, 5) is 0. The molecule has 0 saturated carbocycles. The van der Waals surface area contributed by atoms with Crippen LogP contribution in [0.2, 0.25) is 5.02 Å². The molecule has 2 aromatic carbocycles. The summed E-state index contributed by atoms with van der Waals surface area (Å²) in [5, 5.41) is 10.6. The molecule has 3 rings (SSSR count). The standard InChI is InChI=1S/C23H28ClN3OS/c1-15(2)19-11-7-9-13-21(19)28-17(5)22-25-26-23(27(22)16(3)4)29-14-18-10-6-8-12-20(18)24/h6-13,15-17H,14H2,1-5H3. The molecule has 0 radical (unpaired) electrons. The van der Waals surface area contributed by atoms with E-state index in [-0.39, 0.29) is 12.1 Å². The van der Waals surface area contributed by atoms with Crippen LogP contribution in [0.15, 0.2) is 53.7 Å². The largest absolute Gasteiger partial charge is 0.482 e. The van der Waals surface area contributed by atoms with Gasteiger partial charge in [-0.3, -0.25) is 0 Å². The lowest BCUT2D eigenvalue weighted by Crippen LogP contribution is -2.15. The third kappa shape index (κ3) is 5.14. The predicted molar refractivity (Wildman–Crippen MR) is 121 cm³/mol. The summed E-state index contributed by atoms with van der Waals surface area (Å²) in [6.07, 6.45) is -0.209. The molecular weight excluding hydrogens is 402 g/mol. The van der Waals surface area contributed by atoms with Gasteiger partial charge in [0, 0.05) is 16.8 Å². The van der Waals surface area contributed by atoms with E-state index in [0.717, 1.165) is 33.1 Å². The zero-order valence-electron chi connectivity index (χ0n) is 17.6. The quantitative estimate of drug-likeness (QED) is 0.359. The van der Waals surface area contributed by atoms with Gasteiger partial charge >= 0.3 is 0 Å². The van der Waals surface area contributed by atoms with E-state index in [1.165, 1.54) is 5.56 Å². The average Bonchev–Trinajstić information content (AvgIpc) is 3.12. The van der Waals surface area contributed by atoms with Crippen molar-refractivity contribution in [3.8, 4) is 5.75 Å². The first kappa shape index (κ1) is 21.7. The molecule has 0 saturated heterocycles. The van der Waals surface area contributed by atoms with Crippen molar-refractivity contribution in [2.45, 2.75) is 63.6 Å². The van der Waals surface area contributed by atoms with Gasteiger partial charge in [-0.25, -0.2) is 0 Å². The van der Waals surface area contributed by atoms with Crippen molar-refractivity contribution in [1.82, 2.24) is 14.8 Å². The van der Waals surface area contributed by atoms with Gasteiger partial charge in [0.15, 0.2) is 17.1 Å². The van der Waals surface area contributed by atoms with Gasteiger partial charge < -0.3 is 9.30 Å². The Balaban J connectivity index is 1.82. The lowest BCUT2D eigenvalue weighted by molar-refractivity contribution is 0.204. The van der Waals surface area contributed by atoms with E-state index in [0.29, 0.717) is 5.92 Å². The highest BCUT2D eigenvalue weighted by atomic mass is 35.5. The van der Waals surface area contributed by atoms with E-state index in [9.17, 15) is 0 Å². The SMILES string of the molecule is CC(C)c1ccccc1OC(C)c1nnc(SCc2ccccc2Cl)n1C(C)C. The van der Waals surface area contributed by atoms with Crippen molar-refractivity contribution in [3.05, 3.63) is 70.5 Å². The summed E-state index contributed by atoms with van der Waals surface area (Å²) in [6.45, 7) is 10.7. The van der Waals surface area contributed by atoms with Crippen LogP contribution >= 0.6 is 23.4 Å². The van der Waals surface area contributed by atoms with Gasteiger partial charge in [0.25, 0.3) is 0 Å². The summed E-state index contributed by atoms with van der Waals surface area (Å²) in [5.41, 5.74) is 2.29. The molecule has 0 bridgehead atoms. The Bertz CT molecular complexity index is 955. The van der Waals surface area contributed by atoms with Crippen molar-refractivity contribution in [2.24, 2.45) is 0 Å². The van der Waals surface area contributed by atoms with Gasteiger partial charge in [-0.15, -0.1) is 10.2 Å². The van der Waals surface area contributed by atoms with E-state index in [4.69, 9.17) is 16.3 Å². The van der Waals surface area contributed by atoms with Crippen LogP contribution in [0, 0.1) is 0 Å². The van der Waals surface area contributed by atoms with Crippen molar-refractivity contribution >= 4 is 23.4 Å². The van der Waals surface area contributed by atoms with Gasteiger partial charge in [-0.2, -0.15) is 0 Å².